The molecule has 1 aromatic heterocycles. The molecule has 1 N–H and O–H groups in total. The molecule has 0 aliphatic carbocycles. The predicted molar refractivity (Wildman–Crippen MR) is 87.0 cm³/mol. The van der Waals surface area contributed by atoms with Gasteiger partial charge < -0.3 is 10.0 Å². The van der Waals surface area contributed by atoms with Gasteiger partial charge in [0.25, 0.3) is 5.91 Å². The van der Waals surface area contributed by atoms with E-state index in [1.165, 1.54) is 0 Å². The lowest BCUT2D eigenvalue weighted by molar-refractivity contribution is 0.0702. The molecule has 1 heterocycles. The second-order valence-corrected chi connectivity index (χ2v) is 5.66. The number of aliphatic hydroxyl groups excluding tert-OH is 1. The van der Waals surface area contributed by atoms with Gasteiger partial charge in [0.1, 0.15) is 5.69 Å². The Labute approximate surface area is 135 Å². The monoisotopic (exact) mass is 318 g/mol. The number of amides is 1. The van der Waals surface area contributed by atoms with Gasteiger partial charge in [-0.25, -0.2) is 0 Å². The fourth-order valence-electron chi connectivity index (χ4n) is 2.07. The van der Waals surface area contributed by atoms with Crippen LogP contribution in [-0.2, 0) is 6.54 Å². The zero-order valence-electron chi connectivity index (χ0n) is 12.7. The maximum atomic E-state index is 12.6. The summed E-state index contributed by atoms with van der Waals surface area (Å²) in [5.41, 5.74) is 3.28. The summed E-state index contributed by atoms with van der Waals surface area (Å²) >= 11 is 6.06. The molecule has 0 saturated carbocycles. The summed E-state index contributed by atoms with van der Waals surface area (Å²) in [5, 5.41) is 9.72. The van der Waals surface area contributed by atoms with Gasteiger partial charge in [-0.2, -0.15) is 0 Å². The minimum atomic E-state index is -0.239. The minimum absolute atomic E-state index is 0.100. The van der Waals surface area contributed by atoms with E-state index in [2.05, 4.69) is 4.98 Å². The normalized spacial score (nSPS) is 10.5. The molecular formula is C17H19ClN2O2. The summed E-state index contributed by atoms with van der Waals surface area (Å²) in [7, 11) is 0. The summed E-state index contributed by atoms with van der Waals surface area (Å²) in [6, 6.07) is 9.51. The smallest absolute Gasteiger partial charge is 0.272 e. The van der Waals surface area contributed by atoms with Crippen LogP contribution in [0.4, 0.5) is 0 Å². The van der Waals surface area contributed by atoms with Crippen molar-refractivity contribution < 1.29 is 9.90 Å². The van der Waals surface area contributed by atoms with Crippen molar-refractivity contribution in [2.45, 2.75) is 20.4 Å². The summed E-state index contributed by atoms with van der Waals surface area (Å²) in [5.74, 6) is -0.239. The van der Waals surface area contributed by atoms with Gasteiger partial charge in [-0.3, -0.25) is 9.78 Å². The number of nitrogens with zero attached hydrogens (tertiary/aromatic N) is 2. The number of carbonyl (C=O) groups is 1. The number of hydrogen-bond acceptors (Lipinski definition) is 3. The standard InChI is InChI=1S/C17H19ClN2O2/c1-12-3-5-14(6-4-12)11-20(7-8-21)17(22)16-9-15(18)13(2)10-19-16/h3-6,9-10,21H,7-8,11H2,1-2H3. The average molecular weight is 319 g/mol. The zero-order valence-corrected chi connectivity index (χ0v) is 13.5. The number of hydrogen-bond donors (Lipinski definition) is 1. The molecule has 116 valence electrons. The highest BCUT2D eigenvalue weighted by Crippen LogP contribution is 2.16. The second kappa shape index (κ2) is 7.38. The van der Waals surface area contributed by atoms with Crippen LogP contribution in [-0.4, -0.2) is 34.0 Å². The maximum absolute atomic E-state index is 12.6. The highest BCUT2D eigenvalue weighted by atomic mass is 35.5. The SMILES string of the molecule is Cc1ccc(CN(CCO)C(=O)c2cc(Cl)c(C)cn2)cc1. The quantitative estimate of drug-likeness (QED) is 0.922. The van der Waals surface area contributed by atoms with Gasteiger partial charge in [0.2, 0.25) is 0 Å². The Kier molecular flexibility index (Phi) is 5.52. The van der Waals surface area contributed by atoms with E-state index in [-0.39, 0.29) is 24.8 Å². The van der Waals surface area contributed by atoms with Crippen molar-refractivity contribution in [1.29, 1.82) is 0 Å². The van der Waals surface area contributed by atoms with Crippen LogP contribution in [0.1, 0.15) is 27.2 Å². The Balaban J connectivity index is 2.20. The van der Waals surface area contributed by atoms with Gasteiger partial charge in [0.15, 0.2) is 0 Å². The number of aromatic nitrogens is 1. The van der Waals surface area contributed by atoms with Crippen molar-refractivity contribution in [2.24, 2.45) is 0 Å². The molecule has 22 heavy (non-hydrogen) atoms. The molecule has 0 bridgehead atoms. The van der Waals surface area contributed by atoms with Crippen LogP contribution < -0.4 is 0 Å². The lowest BCUT2D eigenvalue weighted by atomic mass is 10.1. The van der Waals surface area contributed by atoms with Crippen LogP contribution in [0, 0.1) is 13.8 Å². The third-order valence-corrected chi connectivity index (χ3v) is 3.81. The van der Waals surface area contributed by atoms with Crippen molar-refractivity contribution in [3.8, 4) is 0 Å². The lowest BCUT2D eigenvalue weighted by Gasteiger charge is -2.21. The van der Waals surface area contributed by atoms with Crippen molar-refractivity contribution in [3.05, 3.63) is 63.9 Å². The number of aliphatic hydroxyl groups is 1. The van der Waals surface area contributed by atoms with E-state index in [0.717, 1.165) is 16.7 Å². The van der Waals surface area contributed by atoms with E-state index in [1.807, 2.05) is 38.1 Å². The Hall–Kier alpha value is -1.91. The number of pyridine rings is 1. The Morgan fingerprint density at radius 3 is 2.55 bits per heavy atom. The first-order valence-electron chi connectivity index (χ1n) is 7.09. The highest BCUT2D eigenvalue weighted by molar-refractivity contribution is 6.31. The predicted octanol–water partition coefficient (Wildman–Crippen LogP) is 2.99. The van der Waals surface area contributed by atoms with E-state index < -0.39 is 0 Å². The van der Waals surface area contributed by atoms with Gasteiger partial charge in [0.05, 0.1) is 6.61 Å². The summed E-state index contributed by atoms with van der Waals surface area (Å²) in [4.78, 5) is 18.3. The van der Waals surface area contributed by atoms with Crippen LogP contribution >= 0.6 is 11.6 Å². The largest absolute Gasteiger partial charge is 0.395 e. The van der Waals surface area contributed by atoms with Crippen LogP contribution in [0.3, 0.4) is 0 Å². The molecule has 0 fully saturated rings. The number of halogens is 1. The fourth-order valence-corrected chi connectivity index (χ4v) is 2.22. The van der Waals surface area contributed by atoms with E-state index in [0.29, 0.717) is 11.6 Å². The first kappa shape index (κ1) is 16.5. The lowest BCUT2D eigenvalue weighted by Crippen LogP contribution is -2.33. The molecule has 1 aromatic carbocycles. The fraction of sp³-hybridized carbons (Fsp3) is 0.294. The average Bonchev–Trinajstić information content (AvgIpc) is 2.51. The molecule has 5 heteroatoms. The van der Waals surface area contributed by atoms with Gasteiger partial charge in [-0.05, 0) is 31.0 Å². The zero-order chi connectivity index (χ0) is 16.1. The molecule has 0 aliphatic rings. The molecule has 0 aliphatic heterocycles. The van der Waals surface area contributed by atoms with E-state index in [4.69, 9.17) is 11.6 Å². The summed E-state index contributed by atoms with van der Waals surface area (Å²) in [6.07, 6.45) is 1.58. The van der Waals surface area contributed by atoms with Crippen LogP contribution in [0.25, 0.3) is 0 Å². The number of carbonyl (C=O) groups excluding carboxylic acids is 1. The topological polar surface area (TPSA) is 53.4 Å². The number of rotatable bonds is 5. The molecule has 4 nitrogen and oxygen atoms in total. The van der Waals surface area contributed by atoms with Gasteiger partial charge in [-0.15, -0.1) is 0 Å². The van der Waals surface area contributed by atoms with Gasteiger partial charge >= 0.3 is 0 Å². The van der Waals surface area contributed by atoms with E-state index in [1.54, 1.807) is 17.2 Å². The van der Waals surface area contributed by atoms with Crippen LogP contribution in [0.2, 0.25) is 5.02 Å². The molecule has 0 spiro atoms. The summed E-state index contributed by atoms with van der Waals surface area (Å²) in [6.45, 7) is 4.42. The molecule has 0 atom stereocenters. The van der Waals surface area contributed by atoms with Crippen molar-refractivity contribution >= 4 is 17.5 Å². The minimum Gasteiger partial charge on any atom is -0.395 e. The molecule has 0 saturated heterocycles. The van der Waals surface area contributed by atoms with Crippen molar-refractivity contribution in [1.82, 2.24) is 9.88 Å². The van der Waals surface area contributed by atoms with Crippen LogP contribution in [0.15, 0.2) is 36.5 Å². The Morgan fingerprint density at radius 1 is 1.27 bits per heavy atom. The highest BCUT2D eigenvalue weighted by Gasteiger charge is 2.18. The summed E-state index contributed by atoms with van der Waals surface area (Å²) < 4.78 is 0. The molecular weight excluding hydrogens is 300 g/mol. The van der Waals surface area contributed by atoms with E-state index >= 15 is 0 Å². The number of benzene rings is 1. The third kappa shape index (κ3) is 4.06. The maximum Gasteiger partial charge on any atom is 0.272 e. The third-order valence-electron chi connectivity index (χ3n) is 3.41. The van der Waals surface area contributed by atoms with Gasteiger partial charge in [-0.1, -0.05) is 41.4 Å². The Morgan fingerprint density at radius 2 is 1.95 bits per heavy atom. The molecule has 0 radical (unpaired) electrons. The first-order chi connectivity index (χ1) is 10.5. The Bertz CT molecular complexity index is 656. The second-order valence-electron chi connectivity index (χ2n) is 5.25. The number of aryl methyl sites for hydroxylation is 2. The van der Waals surface area contributed by atoms with Gasteiger partial charge in [0, 0.05) is 24.3 Å². The van der Waals surface area contributed by atoms with Crippen molar-refractivity contribution in [3.63, 3.8) is 0 Å². The molecule has 2 rings (SSSR count). The van der Waals surface area contributed by atoms with E-state index in [9.17, 15) is 9.90 Å². The first-order valence-corrected chi connectivity index (χ1v) is 7.47. The molecule has 1 amide bonds. The van der Waals surface area contributed by atoms with Crippen LogP contribution in [0.5, 0.6) is 0 Å². The van der Waals surface area contributed by atoms with Crippen molar-refractivity contribution in [2.75, 3.05) is 13.2 Å². The molecule has 0 unspecified atom stereocenters. The molecule has 2 aromatic rings.